The molecule has 182 valence electrons. The zero-order chi connectivity index (χ0) is 25.2. The van der Waals surface area contributed by atoms with Gasteiger partial charge in [-0.2, -0.15) is 5.10 Å². The molecule has 0 fully saturated rings. The molecule has 9 heteroatoms. The fourth-order valence-corrected chi connectivity index (χ4v) is 3.14. The lowest BCUT2D eigenvalue weighted by molar-refractivity contribution is -0.127. The van der Waals surface area contributed by atoms with Crippen LogP contribution >= 0.6 is 15.9 Å². The van der Waals surface area contributed by atoms with Crippen molar-refractivity contribution in [3.05, 3.63) is 82.3 Å². The zero-order valence-electron chi connectivity index (χ0n) is 19.5. The summed E-state index contributed by atoms with van der Waals surface area (Å²) in [6.45, 7) is 3.82. The molecule has 1 amide bonds. The first kappa shape index (κ1) is 25.8. The van der Waals surface area contributed by atoms with Gasteiger partial charge in [0.15, 0.2) is 17.6 Å². The number of esters is 1. The normalized spacial score (nSPS) is 11.5. The summed E-state index contributed by atoms with van der Waals surface area (Å²) in [5.41, 5.74) is 3.47. The Hall–Kier alpha value is -3.85. The second kappa shape index (κ2) is 12.6. The number of rotatable bonds is 10. The largest absolute Gasteiger partial charge is 0.497 e. The molecule has 0 aliphatic rings. The van der Waals surface area contributed by atoms with E-state index in [1.54, 1.807) is 68.6 Å². The van der Waals surface area contributed by atoms with Gasteiger partial charge in [0.2, 0.25) is 0 Å². The summed E-state index contributed by atoms with van der Waals surface area (Å²) >= 11 is 3.35. The quantitative estimate of drug-likeness (QED) is 0.168. The number of carbonyl (C=O) groups excluding carboxylic acids is 2. The number of hydrazone groups is 1. The van der Waals surface area contributed by atoms with Crippen molar-refractivity contribution in [2.24, 2.45) is 5.10 Å². The molecule has 0 spiro atoms. The van der Waals surface area contributed by atoms with E-state index in [0.717, 1.165) is 4.47 Å². The van der Waals surface area contributed by atoms with Gasteiger partial charge >= 0.3 is 5.97 Å². The summed E-state index contributed by atoms with van der Waals surface area (Å²) < 4.78 is 22.8. The van der Waals surface area contributed by atoms with Gasteiger partial charge in [-0.05, 0) is 86.1 Å². The van der Waals surface area contributed by atoms with E-state index in [9.17, 15) is 9.59 Å². The zero-order valence-corrected chi connectivity index (χ0v) is 21.1. The van der Waals surface area contributed by atoms with Crippen LogP contribution in [0.1, 0.15) is 29.8 Å². The van der Waals surface area contributed by atoms with Crippen LogP contribution in [0.2, 0.25) is 0 Å². The first-order chi connectivity index (χ1) is 16.9. The molecule has 0 bridgehead atoms. The Bertz CT molecular complexity index is 1180. The molecule has 0 aliphatic heterocycles. The van der Waals surface area contributed by atoms with E-state index in [1.165, 1.54) is 6.21 Å². The lowest BCUT2D eigenvalue weighted by Gasteiger charge is -2.13. The number of amides is 1. The van der Waals surface area contributed by atoms with Gasteiger partial charge in [-0.1, -0.05) is 15.9 Å². The van der Waals surface area contributed by atoms with Crippen molar-refractivity contribution in [3.8, 4) is 23.0 Å². The fraction of sp³-hybridized carbons (Fsp3) is 0.192. The van der Waals surface area contributed by atoms with Crippen molar-refractivity contribution < 1.29 is 28.5 Å². The van der Waals surface area contributed by atoms with Gasteiger partial charge in [0.25, 0.3) is 5.91 Å². The summed E-state index contributed by atoms with van der Waals surface area (Å²) in [7, 11) is 1.55. The number of hydrogen-bond acceptors (Lipinski definition) is 7. The number of carbonyl (C=O) groups is 2. The van der Waals surface area contributed by atoms with Crippen molar-refractivity contribution in [1.29, 1.82) is 0 Å². The minimum Gasteiger partial charge on any atom is -0.497 e. The molecule has 0 aliphatic carbocycles. The number of hydrogen-bond donors (Lipinski definition) is 1. The van der Waals surface area contributed by atoms with E-state index in [1.807, 2.05) is 19.1 Å². The van der Waals surface area contributed by atoms with Gasteiger partial charge in [0.1, 0.15) is 11.5 Å². The third kappa shape index (κ3) is 7.58. The lowest BCUT2D eigenvalue weighted by atomic mass is 10.2. The molecular weight excluding hydrogens is 516 g/mol. The molecule has 0 saturated heterocycles. The van der Waals surface area contributed by atoms with Crippen molar-refractivity contribution in [2.75, 3.05) is 13.7 Å². The van der Waals surface area contributed by atoms with Crippen LogP contribution < -0.4 is 24.4 Å². The van der Waals surface area contributed by atoms with Crippen molar-refractivity contribution >= 4 is 34.0 Å². The monoisotopic (exact) mass is 540 g/mol. The molecule has 3 aromatic carbocycles. The predicted octanol–water partition coefficient (Wildman–Crippen LogP) is 4.99. The highest BCUT2D eigenvalue weighted by molar-refractivity contribution is 9.10. The molecule has 0 aromatic heterocycles. The van der Waals surface area contributed by atoms with E-state index >= 15 is 0 Å². The molecule has 0 unspecified atom stereocenters. The Morgan fingerprint density at radius 2 is 1.69 bits per heavy atom. The molecule has 1 atom stereocenters. The maximum atomic E-state index is 12.5. The first-order valence-corrected chi connectivity index (χ1v) is 11.6. The highest BCUT2D eigenvalue weighted by atomic mass is 79.9. The summed E-state index contributed by atoms with van der Waals surface area (Å²) in [6.07, 6.45) is 0.717. The Morgan fingerprint density at radius 1 is 1.00 bits per heavy atom. The number of nitrogens with zero attached hydrogens (tertiary/aromatic N) is 1. The van der Waals surface area contributed by atoms with Crippen molar-refractivity contribution in [2.45, 2.75) is 20.0 Å². The second-order valence-electron chi connectivity index (χ2n) is 7.21. The molecule has 8 nitrogen and oxygen atoms in total. The molecule has 35 heavy (non-hydrogen) atoms. The second-order valence-corrected chi connectivity index (χ2v) is 8.12. The van der Waals surface area contributed by atoms with E-state index in [2.05, 4.69) is 26.5 Å². The first-order valence-electron chi connectivity index (χ1n) is 10.8. The highest BCUT2D eigenvalue weighted by Gasteiger charge is 2.15. The summed E-state index contributed by atoms with van der Waals surface area (Å²) in [4.78, 5) is 24.8. The Morgan fingerprint density at radius 3 is 2.34 bits per heavy atom. The predicted molar refractivity (Wildman–Crippen MR) is 136 cm³/mol. The fourth-order valence-electron chi connectivity index (χ4n) is 2.88. The molecule has 0 radical (unpaired) electrons. The number of ether oxygens (including phenoxy) is 4. The number of methoxy groups -OCH3 is 1. The maximum absolute atomic E-state index is 12.5. The highest BCUT2D eigenvalue weighted by Crippen LogP contribution is 2.29. The Balaban J connectivity index is 1.62. The van der Waals surface area contributed by atoms with E-state index < -0.39 is 18.0 Å². The lowest BCUT2D eigenvalue weighted by Crippen LogP contribution is -2.33. The number of halogens is 1. The van der Waals surface area contributed by atoms with Gasteiger partial charge in [0, 0.05) is 4.47 Å². The minimum atomic E-state index is -0.743. The van der Waals surface area contributed by atoms with Crippen LogP contribution in [-0.2, 0) is 4.79 Å². The Kier molecular flexibility index (Phi) is 9.25. The molecule has 0 heterocycles. The van der Waals surface area contributed by atoms with E-state index in [0.29, 0.717) is 35.0 Å². The standard InChI is InChI=1S/C26H25BrN2O6/c1-4-33-24-15-18(5-14-23(24)35-26(31)19-6-10-21(32-3)11-7-19)16-28-29-25(30)17(2)34-22-12-8-20(27)9-13-22/h5-17H,4H2,1-3H3,(H,29,30)/b28-16-/t17-/m0/s1. The van der Waals surface area contributed by atoms with Crippen LogP contribution in [0.15, 0.2) is 76.3 Å². The molecular formula is C26H25BrN2O6. The van der Waals surface area contributed by atoms with Gasteiger partial charge in [-0.15, -0.1) is 0 Å². The Labute approximate surface area is 212 Å². The maximum Gasteiger partial charge on any atom is 0.343 e. The summed E-state index contributed by atoms with van der Waals surface area (Å²) in [5.74, 6) is 0.922. The smallest absolute Gasteiger partial charge is 0.343 e. The molecule has 0 saturated carbocycles. The van der Waals surface area contributed by atoms with Crippen LogP contribution in [0.25, 0.3) is 0 Å². The van der Waals surface area contributed by atoms with Gasteiger partial charge in [0.05, 0.1) is 25.5 Å². The average molecular weight is 541 g/mol. The summed E-state index contributed by atoms with van der Waals surface area (Å²) in [5, 5.41) is 3.99. The van der Waals surface area contributed by atoms with Crippen LogP contribution in [0.3, 0.4) is 0 Å². The van der Waals surface area contributed by atoms with Crippen LogP contribution in [0.4, 0.5) is 0 Å². The number of nitrogens with one attached hydrogen (secondary N) is 1. The summed E-state index contributed by atoms with van der Waals surface area (Å²) in [6, 6.07) is 18.7. The van der Waals surface area contributed by atoms with Crippen LogP contribution in [0.5, 0.6) is 23.0 Å². The third-order valence-electron chi connectivity index (χ3n) is 4.68. The van der Waals surface area contributed by atoms with Crippen LogP contribution in [-0.4, -0.2) is 37.9 Å². The molecule has 1 N–H and O–H groups in total. The van der Waals surface area contributed by atoms with E-state index in [4.69, 9.17) is 18.9 Å². The topological polar surface area (TPSA) is 95.5 Å². The van der Waals surface area contributed by atoms with Crippen molar-refractivity contribution in [1.82, 2.24) is 5.43 Å². The van der Waals surface area contributed by atoms with Gasteiger partial charge in [-0.25, -0.2) is 10.2 Å². The average Bonchev–Trinajstić information content (AvgIpc) is 2.87. The third-order valence-corrected chi connectivity index (χ3v) is 5.21. The van der Waals surface area contributed by atoms with Crippen molar-refractivity contribution in [3.63, 3.8) is 0 Å². The van der Waals surface area contributed by atoms with Crippen LogP contribution in [0, 0.1) is 0 Å². The number of benzene rings is 3. The van der Waals surface area contributed by atoms with E-state index in [-0.39, 0.29) is 5.75 Å². The van der Waals surface area contributed by atoms with Gasteiger partial charge < -0.3 is 18.9 Å². The molecule has 3 rings (SSSR count). The minimum absolute atomic E-state index is 0.269. The SMILES string of the molecule is CCOc1cc(/C=N\NC(=O)[C@H](C)Oc2ccc(Br)cc2)ccc1OC(=O)c1ccc(OC)cc1. The molecule has 3 aromatic rings. The van der Waals surface area contributed by atoms with Gasteiger partial charge in [-0.3, -0.25) is 4.79 Å².